The quantitative estimate of drug-likeness (QED) is 0.894. The summed E-state index contributed by atoms with van der Waals surface area (Å²) in [6.45, 7) is 2.27. The highest BCUT2D eigenvalue weighted by molar-refractivity contribution is 7.91. The molecular formula is C14H20N2O4S2. The normalized spacial score (nSPS) is 28.0. The van der Waals surface area contributed by atoms with Crippen LogP contribution in [0.5, 0.6) is 0 Å². The van der Waals surface area contributed by atoms with Gasteiger partial charge in [-0.3, -0.25) is 4.79 Å². The monoisotopic (exact) mass is 344 g/mol. The molecule has 0 amide bonds. The van der Waals surface area contributed by atoms with Crippen LogP contribution in [0.25, 0.3) is 0 Å². The first-order valence-corrected chi connectivity index (χ1v) is 9.84. The Kier molecular flexibility index (Phi) is 4.54. The van der Waals surface area contributed by atoms with E-state index in [1.807, 2.05) is 0 Å². The van der Waals surface area contributed by atoms with E-state index in [0.29, 0.717) is 12.8 Å². The van der Waals surface area contributed by atoms with Crippen LogP contribution in [0.4, 0.5) is 0 Å². The zero-order valence-electron chi connectivity index (χ0n) is 12.2. The highest BCUT2D eigenvalue weighted by Crippen LogP contribution is 2.31. The molecule has 0 radical (unpaired) electrons. The van der Waals surface area contributed by atoms with Crippen molar-refractivity contribution in [2.75, 3.05) is 19.6 Å². The molecule has 22 heavy (non-hydrogen) atoms. The van der Waals surface area contributed by atoms with Crippen molar-refractivity contribution in [3.05, 3.63) is 17.5 Å². The predicted octanol–water partition coefficient (Wildman–Crippen LogP) is 1.45. The third-order valence-electron chi connectivity index (χ3n) is 4.53. The highest BCUT2D eigenvalue weighted by Gasteiger charge is 2.42. The van der Waals surface area contributed by atoms with E-state index >= 15 is 0 Å². The lowest BCUT2D eigenvalue weighted by Gasteiger charge is -2.39. The van der Waals surface area contributed by atoms with E-state index in [9.17, 15) is 18.3 Å². The molecular weight excluding hydrogens is 324 g/mol. The number of likely N-dealkylation sites (tertiary alicyclic amines) is 1. The molecule has 2 atom stereocenters. The molecule has 0 spiro atoms. The highest BCUT2D eigenvalue weighted by atomic mass is 32.2. The maximum Gasteiger partial charge on any atom is 0.322 e. The molecule has 1 aromatic heterocycles. The van der Waals surface area contributed by atoms with Gasteiger partial charge < -0.3 is 10.0 Å². The van der Waals surface area contributed by atoms with Gasteiger partial charge in [0.25, 0.3) is 10.0 Å². The summed E-state index contributed by atoms with van der Waals surface area (Å²) in [6.07, 6.45) is 3.37. The average Bonchev–Trinajstić information content (AvgIpc) is 3.19. The summed E-state index contributed by atoms with van der Waals surface area (Å²) in [5.74, 6) is -1.05. The molecule has 0 bridgehead atoms. The molecule has 3 rings (SSSR count). The number of hydrogen-bond donors (Lipinski definition) is 1. The van der Waals surface area contributed by atoms with Gasteiger partial charge in [0, 0.05) is 12.6 Å². The van der Waals surface area contributed by atoms with Crippen LogP contribution in [0.2, 0.25) is 0 Å². The van der Waals surface area contributed by atoms with Crippen molar-refractivity contribution >= 4 is 27.3 Å². The summed E-state index contributed by atoms with van der Waals surface area (Å²) in [5.41, 5.74) is 0. The zero-order chi connectivity index (χ0) is 15.7. The minimum absolute atomic E-state index is 0.179. The molecule has 2 aliphatic rings. The summed E-state index contributed by atoms with van der Waals surface area (Å²) < 4.78 is 26.7. The second kappa shape index (κ2) is 6.27. The minimum Gasteiger partial charge on any atom is -0.480 e. The molecule has 8 heteroatoms. The molecule has 2 aliphatic heterocycles. The van der Waals surface area contributed by atoms with Crippen LogP contribution in [0.1, 0.15) is 25.7 Å². The first-order chi connectivity index (χ1) is 10.5. The molecule has 2 saturated heterocycles. The van der Waals surface area contributed by atoms with Gasteiger partial charge in [-0.05, 0) is 50.2 Å². The van der Waals surface area contributed by atoms with Crippen molar-refractivity contribution < 1.29 is 18.3 Å². The Morgan fingerprint density at radius 3 is 2.59 bits per heavy atom. The number of carboxylic acids is 1. The van der Waals surface area contributed by atoms with Gasteiger partial charge in [0.1, 0.15) is 10.3 Å². The zero-order valence-corrected chi connectivity index (χ0v) is 13.9. The molecule has 6 nitrogen and oxygen atoms in total. The standard InChI is InChI=1S/C14H20N2O4S2/c17-14(18)12-10-11(15-6-1-2-7-15)5-8-16(12)22(19,20)13-4-3-9-21-13/h3-4,9,11-12H,1-2,5-8,10H2,(H,17,18). The van der Waals surface area contributed by atoms with Crippen LogP contribution in [0.3, 0.4) is 0 Å². The number of piperidine rings is 1. The molecule has 1 aromatic rings. The maximum atomic E-state index is 12.7. The first-order valence-electron chi connectivity index (χ1n) is 7.52. The molecule has 0 aliphatic carbocycles. The first kappa shape index (κ1) is 15.9. The van der Waals surface area contributed by atoms with E-state index < -0.39 is 22.0 Å². The lowest BCUT2D eigenvalue weighted by atomic mass is 9.98. The number of sulfonamides is 1. The van der Waals surface area contributed by atoms with Crippen molar-refractivity contribution in [3.8, 4) is 0 Å². The van der Waals surface area contributed by atoms with E-state index in [1.165, 1.54) is 10.4 Å². The average molecular weight is 344 g/mol. The Morgan fingerprint density at radius 1 is 1.27 bits per heavy atom. The third-order valence-corrected chi connectivity index (χ3v) is 7.81. The summed E-state index contributed by atoms with van der Waals surface area (Å²) >= 11 is 1.13. The van der Waals surface area contributed by atoms with Crippen LogP contribution >= 0.6 is 11.3 Å². The number of hydrogen-bond acceptors (Lipinski definition) is 5. The van der Waals surface area contributed by atoms with E-state index in [4.69, 9.17) is 0 Å². The largest absolute Gasteiger partial charge is 0.480 e. The number of nitrogens with zero attached hydrogens (tertiary/aromatic N) is 2. The van der Waals surface area contributed by atoms with Gasteiger partial charge in [0.2, 0.25) is 0 Å². The van der Waals surface area contributed by atoms with Crippen molar-refractivity contribution in [1.82, 2.24) is 9.21 Å². The summed E-state index contributed by atoms with van der Waals surface area (Å²) in [4.78, 5) is 13.9. The number of carboxylic acid groups (broad SMARTS) is 1. The second-order valence-corrected chi connectivity index (χ2v) is 8.89. The Bertz CT molecular complexity index is 623. The van der Waals surface area contributed by atoms with Gasteiger partial charge in [-0.2, -0.15) is 4.31 Å². The van der Waals surface area contributed by atoms with Crippen molar-refractivity contribution in [1.29, 1.82) is 0 Å². The summed E-state index contributed by atoms with van der Waals surface area (Å²) in [6, 6.07) is 2.42. The topological polar surface area (TPSA) is 77.9 Å². The number of carbonyl (C=O) groups is 1. The predicted molar refractivity (Wildman–Crippen MR) is 83.5 cm³/mol. The van der Waals surface area contributed by atoms with Crippen LogP contribution in [0.15, 0.2) is 21.7 Å². The van der Waals surface area contributed by atoms with E-state index in [1.54, 1.807) is 11.4 Å². The Labute approximate surface area is 134 Å². The van der Waals surface area contributed by atoms with Crippen LogP contribution in [-0.2, 0) is 14.8 Å². The number of aliphatic carboxylic acids is 1. The Hall–Kier alpha value is -0.960. The fourth-order valence-corrected chi connectivity index (χ4v) is 6.13. The van der Waals surface area contributed by atoms with E-state index in [-0.39, 0.29) is 16.8 Å². The smallest absolute Gasteiger partial charge is 0.322 e. The Morgan fingerprint density at radius 2 is 2.00 bits per heavy atom. The summed E-state index contributed by atoms with van der Waals surface area (Å²) in [5, 5.41) is 11.2. The SMILES string of the molecule is O=C(O)C1CC(N2CCCC2)CCN1S(=O)(=O)c1cccs1. The maximum absolute atomic E-state index is 12.7. The van der Waals surface area contributed by atoms with Crippen molar-refractivity contribution in [2.24, 2.45) is 0 Å². The summed E-state index contributed by atoms with van der Waals surface area (Å²) in [7, 11) is -3.71. The van der Waals surface area contributed by atoms with Gasteiger partial charge in [0.15, 0.2) is 0 Å². The van der Waals surface area contributed by atoms with Crippen LogP contribution in [-0.4, -0.2) is 60.4 Å². The molecule has 0 aromatic carbocycles. The Balaban J connectivity index is 1.82. The van der Waals surface area contributed by atoms with E-state index in [2.05, 4.69) is 4.90 Å². The number of rotatable bonds is 4. The van der Waals surface area contributed by atoms with E-state index in [0.717, 1.165) is 37.3 Å². The van der Waals surface area contributed by atoms with Crippen molar-refractivity contribution in [3.63, 3.8) is 0 Å². The van der Waals surface area contributed by atoms with Crippen LogP contribution in [0, 0.1) is 0 Å². The fourth-order valence-electron chi connectivity index (χ4n) is 3.40. The minimum atomic E-state index is -3.71. The van der Waals surface area contributed by atoms with Gasteiger partial charge in [-0.1, -0.05) is 6.07 Å². The van der Waals surface area contributed by atoms with Gasteiger partial charge in [0.05, 0.1) is 0 Å². The fraction of sp³-hybridized carbons (Fsp3) is 0.643. The van der Waals surface area contributed by atoms with Gasteiger partial charge >= 0.3 is 5.97 Å². The molecule has 122 valence electrons. The molecule has 2 unspecified atom stereocenters. The third kappa shape index (κ3) is 2.92. The lowest BCUT2D eigenvalue weighted by molar-refractivity contribution is -0.143. The molecule has 2 fully saturated rings. The molecule has 3 heterocycles. The van der Waals surface area contributed by atoms with Crippen molar-refractivity contribution in [2.45, 2.75) is 42.0 Å². The van der Waals surface area contributed by atoms with Gasteiger partial charge in [-0.15, -0.1) is 11.3 Å². The molecule has 0 saturated carbocycles. The van der Waals surface area contributed by atoms with Gasteiger partial charge in [-0.25, -0.2) is 8.42 Å². The lowest BCUT2D eigenvalue weighted by Crippen LogP contribution is -2.54. The second-order valence-electron chi connectivity index (χ2n) is 5.82. The number of thiophene rings is 1. The molecule has 1 N–H and O–H groups in total. The van der Waals surface area contributed by atoms with Crippen LogP contribution < -0.4 is 0 Å².